The Morgan fingerprint density at radius 3 is 2.77 bits per heavy atom. The third-order valence-electron chi connectivity index (χ3n) is 4.69. The largest absolute Gasteiger partial charge is 0.360 e. The van der Waals surface area contributed by atoms with Crippen molar-refractivity contribution in [2.75, 3.05) is 6.54 Å². The average molecular weight is 372 g/mol. The normalized spacial score (nSPS) is 17.0. The van der Waals surface area contributed by atoms with Crippen LogP contribution in [0.25, 0.3) is 11.3 Å². The summed E-state index contributed by atoms with van der Waals surface area (Å²) in [5, 5.41) is 8.58. The second kappa shape index (κ2) is 6.61. The summed E-state index contributed by atoms with van der Waals surface area (Å²) in [6.45, 7) is 4.26. The summed E-state index contributed by atoms with van der Waals surface area (Å²) in [5.74, 6) is 1.06. The van der Waals surface area contributed by atoms with Crippen LogP contribution in [-0.2, 0) is 0 Å². The van der Waals surface area contributed by atoms with Gasteiger partial charge in [0.1, 0.15) is 17.0 Å². The van der Waals surface area contributed by atoms with Gasteiger partial charge in [0.2, 0.25) is 0 Å². The molecule has 0 aliphatic carbocycles. The van der Waals surface area contributed by atoms with Gasteiger partial charge in [0, 0.05) is 18.2 Å². The zero-order chi connectivity index (χ0) is 18.3. The molecule has 1 aromatic carbocycles. The Morgan fingerprint density at radius 2 is 2.04 bits per heavy atom. The Labute approximate surface area is 155 Å². The van der Waals surface area contributed by atoms with E-state index in [9.17, 15) is 4.79 Å². The van der Waals surface area contributed by atoms with Gasteiger partial charge in [-0.1, -0.05) is 40.1 Å². The molecular weight excluding hydrogens is 354 g/mol. The van der Waals surface area contributed by atoms with Gasteiger partial charge >= 0.3 is 0 Å². The van der Waals surface area contributed by atoms with Crippen molar-refractivity contribution in [3.8, 4) is 11.3 Å². The number of halogens is 1. The number of rotatable bonds is 3. The molecule has 7 heteroatoms. The second-order valence-electron chi connectivity index (χ2n) is 6.47. The number of aromatic nitrogens is 2. The van der Waals surface area contributed by atoms with Gasteiger partial charge in [-0.25, -0.2) is 0 Å². The van der Waals surface area contributed by atoms with E-state index in [4.69, 9.17) is 20.6 Å². The van der Waals surface area contributed by atoms with Crippen LogP contribution in [-0.4, -0.2) is 27.7 Å². The third kappa shape index (κ3) is 2.80. The number of nitrogens with zero attached hydrogens (tertiary/aromatic N) is 3. The average Bonchev–Trinajstić information content (AvgIpc) is 3.34. The summed E-state index contributed by atoms with van der Waals surface area (Å²) in [4.78, 5) is 15.2. The standard InChI is InChI=1S/C19H18ClN3O3/c1-11-10-16(26-21-11)15-8-5-9-23(15)19(24)17-12(2)25-22-18(17)13-6-3-4-7-14(13)20/h3-4,6-7,10,15H,5,8-9H2,1-2H3/t15-/m1/s1. The van der Waals surface area contributed by atoms with Crippen LogP contribution in [0.15, 0.2) is 39.4 Å². The van der Waals surface area contributed by atoms with Gasteiger partial charge in [0.15, 0.2) is 5.76 Å². The molecule has 0 unspecified atom stereocenters. The molecule has 1 saturated heterocycles. The minimum atomic E-state index is -0.129. The molecule has 1 fully saturated rings. The SMILES string of the molecule is Cc1cc([C@H]2CCCN2C(=O)c2c(-c3ccccc3Cl)noc2C)on1. The van der Waals surface area contributed by atoms with E-state index in [0.29, 0.717) is 39.9 Å². The van der Waals surface area contributed by atoms with Crippen molar-refractivity contribution >= 4 is 17.5 Å². The summed E-state index contributed by atoms with van der Waals surface area (Å²) in [6.07, 6.45) is 1.74. The Kier molecular flexibility index (Phi) is 4.28. The predicted molar refractivity (Wildman–Crippen MR) is 95.9 cm³/mol. The molecule has 1 aliphatic heterocycles. The minimum absolute atomic E-state index is 0.128. The first-order valence-electron chi connectivity index (χ1n) is 8.51. The van der Waals surface area contributed by atoms with Gasteiger partial charge in [-0.2, -0.15) is 0 Å². The van der Waals surface area contributed by atoms with Crippen LogP contribution in [0.5, 0.6) is 0 Å². The molecule has 0 saturated carbocycles. The van der Waals surface area contributed by atoms with Gasteiger partial charge in [-0.15, -0.1) is 0 Å². The first-order valence-corrected chi connectivity index (χ1v) is 8.89. The van der Waals surface area contributed by atoms with Crippen LogP contribution in [0.1, 0.15) is 46.5 Å². The summed E-state index contributed by atoms with van der Waals surface area (Å²) < 4.78 is 10.7. The highest BCUT2D eigenvalue weighted by molar-refractivity contribution is 6.33. The smallest absolute Gasteiger partial charge is 0.260 e. The second-order valence-corrected chi connectivity index (χ2v) is 6.88. The molecular formula is C19H18ClN3O3. The fourth-order valence-electron chi connectivity index (χ4n) is 3.45. The monoisotopic (exact) mass is 371 g/mol. The molecule has 134 valence electrons. The van der Waals surface area contributed by atoms with Gasteiger partial charge in [-0.3, -0.25) is 4.79 Å². The lowest BCUT2D eigenvalue weighted by atomic mass is 10.0. The molecule has 3 aromatic rings. The van der Waals surface area contributed by atoms with Gasteiger partial charge in [0.25, 0.3) is 5.91 Å². The lowest BCUT2D eigenvalue weighted by molar-refractivity contribution is 0.0713. The lowest BCUT2D eigenvalue weighted by Crippen LogP contribution is -2.31. The molecule has 1 aliphatic rings. The third-order valence-corrected chi connectivity index (χ3v) is 5.02. The molecule has 1 atom stereocenters. The number of likely N-dealkylation sites (tertiary alicyclic amines) is 1. The van der Waals surface area contributed by atoms with Crippen LogP contribution in [0.2, 0.25) is 5.02 Å². The molecule has 2 aromatic heterocycles. The molecule has 26 heavy (non-hydrogen) atoms. The van der Waals surface area contributed by atoms with E-state index < -0.39 is 0 Å². The van der Waals surface area contributed by atoms with Crippen LogP contribution in [0.3, 0.4) is 0 Å². The summed E-state index contributed by atoms with van der Waals surface area (Å²) in [5.41, 5.74) is 2.40. The fraction of sp³-hybridized carbons (Fsp3) is 0.316. The highest BCUT2D eigenvalue weighted by atomic mass is 35.5. The van der Waals surface area contributed by atoms with Crippen molar-refractivity contribution in [3.05, 3.63) is 58.1 Å². The van der Waals surface area contributed by atoms with Crippen molar-refractivity contribution in [1.29, 1.82) is 0 Å². The maximum absolute atomic E-state index is 13.3. The van der Waals surface area contributed by atoms with E-state index in [2.05, 4.69) is 10.3 Å². The highest BCUT2D eigenvalue weighted by Gasteiger charge is 2.36. The highest BCUT2D eigenvalue weighted by Crippen LogP contribution is 2.37. The number of carbonyl (C=O) groups is 1. The molecule has 0 radical (unpaired) electrons. The molecule has 3 heterocycles. The van der Waals surface area contributed by atoms with Crippen molar-refractivity contribution in [2.24, 2.45) is 0 Å². The van der Waals surface area contributed by atoms with Crippen molar-refractivity contribution in [2.45, 2.75) is 32.7 Å². The molecule has 4 rings (SSSR count). The number of hydrogen-bond acceptors (Lipinski definition) is 5. The van der Waals surface area contributed by atoms with Crippen molar-refractivity contribution in [3.63, 3.8) is 0 Å². The number of carbonyl (C=O) groups excluding carboxylic acids is 1. The number of aryl methyl sites for hydroxylation is 2. The van der Waals surface area contributed by atoms with Gasteiger partial charge in [-0.05, 0) is 32.8 Å². The van der Waals surface area contributed by atoms with Crippen LogP contribution in [0.4, 0.5) is 0 Å². The Bertz CT molecular complexity index is 963. The van der Waals surface area contributed by atoms with E-state index >= 15 is 0 Å². The summed E-state index contributed by atoms with van der Waals surface area (Å²) >= 11 is 6.30. The number of amides is 1. The summed E-state index contributed by atoms with van der Waals surface area (Å²) in [6, 6.07) is 9.05. The van der Waals surface area contributed by atoms with E-state index in [1.807, 2.05) is 31.2 Å². The molecule has 1 amide bonds. The molecule has 0 N–H and O–H groups in total. The first kappa shape index (κ1) is 16.8. The fourth-order valence-corrected chi connectivity index (χ4v) is 3.68. The zero-order valence-corrected chi connectivity index (χ0v) is 15.3. The van der Waals surface area contributed by atoms with Crippen LogP contribution >= 0.6 is 11.6 Å². The van der Waals surface area contributed by atoms with E-state index in [0.717, 1.165) is 18.5 Å². The predicted octanol–water partition coefficient (Wildman–Crippen LogP) is 4.58. The maximum Gasteiger partial charge on any atom is 0.260 e. The number of benzene rings is 1. The van der Waals surface area contributed by atoms with E-state index in [1.54, 1.807) is 17.9 Å². The molecule has 0 bridgehead atoms. The Balaban J connectivity index is 1.73. The van der Waals surface area contributed by atoms with Crippen molar-refractivity contribution < 1.29 is 13.8 Å². The van der Waals surface area contributed by atoms with Gasteiger partial charge < -0.3 is 13.9 Å². The van der Waals surface area contributed by atoms with E-state index in [-0.39, 0.29) is 11.9 Å². The topological polar surface area (TPSA) is 72.4 Å². The van der Waals surface area contributed by atoms with Crippen LogP contribution in [0, 0.1) is 13.8 Å². The summed E-state index contributed by atoms with van der Waals surface area (Å²) in [7, 11) is 0. The molecule has 6 nitrogen and oxygen atoms in total. The van der Waals surface area contributed by atoms with E-state index in [1.165, 1.54) is 0 Å². The minimum Gasteiger partial charge on any atom is -0.360 e. The quantitative estimate of drug-likeness (QED) is 0.673. The van der Waals surface area contributed by atoms with Crippen LogP contribution < -0.4 is 0 Å². The number of hydrogen-bond donors (Lipinski definition) is 0. The first-order chi connectivity index (χ1) is 12.6. The lowest BCUT2D eigenvalue weighted by Gasteiger charge is -2.22. The van der Waals surface area contributed by atoms with Gasteiger partial charge in [0.05, 0.1) is 16.8 Å². The maximum atomic E-state index is 13.3. The Hall–Kier alpha value is -2.60. The zero-order valence-electron chi connectivity index (χ0n) is 14.5. The van der Waals surface area contributed by atoms with Crippen molar-refractivity contribution in [1.82, 2.24) is 15.2 Å². The molecule has 0 spiro atoms. The Morgan fingerprint density at radius 1 is 1.23 bits per heavy atom.